The van der Waals surface area contributed by atoms with Gasteiger partial charge in [-0.05, 0) is 59.9 Å². The number of hydrogen-bond donors (Lipinski definition) is 0. The average molecular weight is 704 g/mol. The SMILES string of the molecule is C/C(=N/OCCOc1ccc(CC2SC(=O)N(C(c3ccccc3)(c3ccccc3)c3ccccc3)C2=O)cc1)c1ccc(-c2ccccc2)nc1. The summed E-state index contributed by atoms with van der Waals surface area (Å²) in [4.78, 5) is 39.9. The van der Waals surface area contributed by atoms with Crippen molar-refractivity contribution in [3.8, 4) is 17.0 Å². The van der Waals surface area contributed by atoms with Crippen LogP contribution in [0.5, 0.6) is 5.75 Å². The van der Waals surface area contributed by atoms with Crippen molar-refractivity contribution in [1.82, 2.24) is 9.88 Å². The van der Waals surface area contributed by atoms with Crippen LogP contribution in [0.25, 0.3) is 11.3 Å². The lowest BCUT2D eigenvalue weighted by molar-refractivity contribution is -0.129. The predicted octanol–water partition coefficient (Wildman–Crippen LogP) is 9.17. The molecule has 2 amide bonds. The van der Waals surface area contributed by atoms with Gasteiger partial charge in [0.15, 0.2) is 6.61 Å². The summed E-state index contributed by atoms with van der Waals surface area (Å²) < 4.78 is 5.89. The number of carbonyl (C=O) groups excluding carboxylic acids is 2. The van der Waals surface area contributed by atoms with E-state index in [1.807, 2.05) is 165 Å². The van der Waals surface area contributed by atoms with Crippen LogP contribution in [0.3, 0.4) is 0 Å². The number of thioether (sulfide) groups is 1. The van der Waals surface area contributed by atoms with Crippen molar-refractivity contribution in [3.05, 3.63) is 192 Å². The summed E-state index contributed by atoms with van der Waals surface area (Å²) in [5.41, 5.74) is 5.89. The summed E-state index contributed by atoms with van der Waals surface area (Å²) in [6.07, 6.45) is 2.19. The molecule has 258 valence electrons. The summed E-state index contributed by atoms with van der Waals surface area (Å²) in [6, 6.07) is 51.0. The van der Waals surface area contributed by atoms with E-state index >= 15 is 0 Å². The molecular formula is C44H37N3O4S. The molecule has 1 fully saturated rings. The van der Waals surface area contributed by atoms with Crippen LogP contribution in [-0.4, -0.2) is 45.2 Å². The summed E-state index contributed by atoms with van der Waals surface area (Å²) in [6.45, 7) is 2.46. The van der Waals surface area contributed by atoms with Gasteiger partial charge in [0.1, 0.15) is 17.9 Å². The second-order valence-corrected chi connectivity index (χ2v) is 13.5. The van der Waals surface area contributed by atoms with Gasteiger partial charge in [0.25, 0.3) is 5.24 Å². The smallest absolute Gasteiger partial charge is 0.290 e. The van der Waals surface area contributed by atoms with Crippen LogP contribution in [0.1, 0.15) is 34.7 Å². The van der Waals surface area contributed by atoms with E-state index in [4.69, 9.17) is 9.57 Å². The highest BCUT2D eigenvalue weighted by molar-refractivity contribution is 8.15. The summed E-state index contributed by atoms with van der Waals surface area (Å²) in [5, 5.41) is 3.38. The van der Waals surface area contributed by atoms with Gasteiger partial charge in [-0.25, -0.2) is 0 Å². The van der Waals surface area contributed by atoms with Gasteiger partial charge in [-0.1, -0.05) is 150 Å². The number of oxime groups is 1. The van der Waals surface area contributed by atoms with Crippen LogP contribution >= 0.6 is 11.8 Å². The third-order valence-electron chi connectivity index (χ3n) is 9.07. The number of ether oxygens (including phenoxy) is 1. The molecule has 0 aliphatic carbocycles. The molecule has 1 aliphatic heterocycles. The molecule has 1 aromatic heterocycles. The largest absolute Gasteiger partial charge is 0.490 e. The minimum atomic E-state index is -1.13. The van der Waals surface area contributed by atoms with E-state index in [9.17, 15) is 9.59 Å². The van der Waals surface area contributed by atoms with Crippen LogP contribution in [-0.2, 0) is 21.6 Å². The lowest BCUT2D eigenvalue weighted by Gasteiger charge is -2.42. The highest BCUT2D eigenvalue weighted by Crippen LogP contribution is 2.47. The van der Waals surface area contributed by atoms with Gasteiger partial charge in [-0.2, -0.15) is 0 Å². The first kappa shape index (κ1) is 34.5. The Bertz CT molecular complexity index is 2030. The zero-order valence-electron chi connectivity index (χ0n) is 28.7. The minimum Gasteiger partial charge on any atom is -0.490 e. The molecule has 0 saturated carbocycles. The fourth-order valence-electron chi connectivity index (χ4n) is 6.53. The van der Waals surface area contributed by atoms with Crippen molar-refractivity contribution >= 4 is 28.6 Å². The topological polar surface area (TPSA) is 81.1 Å². The third kappa shape index (κ3) is 7.24. The number of carbonyl (C=O) groups is 2. The first-order valence-electron chi connectivity index (χ1n) is 17.2. The molecular weight excluding hydrogens is 667 g/mol. The maximum atomic E-state index is 14.4. The number of benzene rings is 5. The molecule has 2 heterocycles. The van der Waals surface area contributed by atoms with Gasteiger partial charge >= 0.3 is 0 Å². The third-order valence-corrected chi connectivity index (χ3v) is 10.1. The Kier molecular flexibility index (Phi) is 10.5. The number of imide groups is 1. The molecule has 7 rings (SSSR count). The average Bonchev–Trinajstić information content (AvgIpc) is 3.48. The number of rotatable bonds is 13. The van der Waals surface area contributed by atoms with Crippen LogP contribution in [0.4, 0.5) is 4.79 Å². The van der Waals surface area contributed by atoms with E-state index in [-0.39, 0.29) is 17.8 Å². The zero-order chi connectivity index (χ0) is 35.8. The van der Waals surface area contributed by atoms with Crippen LogP contribution in [0.2, 0.25) is 0 Å². The predicted molar refractivity (Wildman–Crippen MR) is 206 cm³/mol. The molecule has 7 nitrogen and oxygen atoms in total. The zero-order valence-corrected chi connectivity index (χ0v) is 29.5. The maximum absolute atomic E-state index is 14.4. The summed E-state index contributed by atoms with van der Waals surface area (Å²) >= 11 is 1.08. The lowest BCUT2D eigenvalue weighted by Crippen LogP contribution is -2.51. The van der Waals surface area contributed by atoms with Crippen molar-refractivity contribution in [2.24, 2.45) is 5.16 Å². The first-order valence-corrected chi connectivity index (χ1v) is 18.0. The summed E-state index contributed by atoms with van der Waals surface area (Å²) in [5.74, 6) is 0.455. The Balaban J connectivity index is 0.992. The van der Waals surface area contributed by atoms with Gasteiger partial charge in [-0.15, -0.1) is 0 Å². The first-order chi connectivity index (χ1) is 25.5. The Labute approximate surface area is 307 Å². The van der Waals surface area contributed by atoms with Crippen molar-refractivity contribution < 1.29 is 19.2 Å². The van der Waals surface area contributed by atoms with Gasteiger partial charge in [0.05, 0.1) is 16.7 Å². The Morgan fingerprint density at radius 1 is 0.712 bits per heavy atom. The van der Waals surface area contributed by atoms with Gasteiger partial charge in [-0.3, -0.25) is 19.5 Å². The van der Waals surface area contributed by atoms with E-state index < -0.39 is 10.8 Å². The quantitative estimate of drug-likeness (QED) is 0.0517. The van der Waals surface area contributed by atoms with Crippen molar-refractivity contribution in [2.45, 2.75) is 24.1 Å². The molecule has 5 aromatic carbocycles. The standard InChI is InChI=1S/C44H37N3O4S/c1-32(35-24-27-40(45-31-35)34-14-6-2-7-15-34)46-51-29-28-50-39-25-22-33(23-26-39)30-41-42(48)47(43(49)52-41)44(36-16-8-3-9-17-36,37-18-10-4-11-19-37)38-20-12-5-13-21-38/h2-27,31,41H,28-30H2,1H3/b46-32-. The Morgan fingerprint density at radius 3 is 1.81 bits per heavy atom. The van der Waals surface area contributed by atoms with Gasteiger partial charge < -0.3 is 9.57 Å². The van der Waals surface area contributed by atoms with Gasteiger partial charge in [0, 0.05) is 17.3 Å². The second-order valence-electron chi connectivity index (χ2n) is 12.4. The monoisotopic (exact) mass is 703 g/mol. The molecule has 0 spiro atoms. The molecule has 0 bridgehead atoms. The Hall–Kier alpha value is -5.99. The molecule has 0 radical (unpaired) electrons. The highest BCUT2D eigenvalue weighted by atomic mass is 32.2. The van der Waals surface area contributed by atoms with E-state index in [2.05, 4.69) is 10.1 Å². The van der Waals surface area contributed by atoms with E-state index in [0.29, 0.717) is 18.8 Å². The lowest BCUT2D eigenvalue weighted by atomic mass is 9.75. The molecule has 1 saturated heterocycles. The van der Waals surface area contributed by atoms with Crippen molar-refractivity contribution in [2.75, 3.05) is 13.2 Å². The number of nitrogens with zero attached hydrogens (tertiary/aromatic N) is 3. The molecule has 1 unspecified atom stereocenters. The number of aromatic nitrogens is 1. The molecule has 8 heteroatoms. The highest BCUT2D eigenvalue weighted by Gasteiger charge is 2.53. The molecule has 52 heavy (non-hydrogen) atoms. The normalized spacial score (nSPS) is 14.8. The van der Waals surface area contributed by atoms with Crippen LogP contribution in [0, 0.1) is 0 Å². The number of pyridine rings is 1. The molecule has 6 aromatic rings. The molecule has 1 atom stereocenters. The minimum absolute atomic E-state index is 0.220. The van der Waals surface area contributed by atoms with E-state index in [0.717, 1.165) is 56.5 Å². The van der Waals surface area contributed by atoms with Crippen molar-refractivity contribution in [3.63, 3.8) is 0 Å². The molecule has 1 aliphatic rings. The fraction of sp³-hybridized carbons (Fsp3) is 0.136. The number of hydrogen-bond acceptors (Lipinski definition) is 7. The maximum Gasteiger partial charge on any atom is 0.290 e. The second kappa shape index (κ2) is 15.9. The molecule has 0 N–H and O–H groups in total. The van der Waals surface area contributed by atoms with Crippen LogP contribution in [0.15, 0.2) is 169 Å². The Morgan fingerprint density at radius 2 is 1.27 bits per heavy atom. The fourth-order valence-corrected chi connectivity index (χ4v) is 7.59. The van der Waals surface area contributed by atoms with Crippen molar-refractivity contribution in [1.29, 1.82) is 0 Å². The van der Waals surface area contributed by atoms with E-state index in [1.165, 1.54) is 4.90 Å². The number of amides is 2. The summed E-state index contributed by atoms with van der Waals surface area (Å²) in [7, 11) is 0. The van der Waals surface area contributed by atoms with E-state index in [1.54, 1.807) is 6.20 Å². The van der Waals surface area contributed by atoms with Crippen LogP contribution < -0.4 is 4.74 Å². The van der Waals surface area contributed by atoms with Gasteiger partial charge in [0.2, 0.25) is 5.91 Å².